The van der Waals surface area contributed by atoms with E-state index in [-0.39, 0.29) is 37.4 Å². The fourth-order valence-corrected chi connectivity index (χ4v) is 3.05. The number of rotatable bonds is 11. The Morgan fingerprint density at radius 2 is 1.65 bits per heavy atom. The normalized spacial score (nSPS) is 13.8. The predicted octanol–water partition coefficient (Wildman–Crippen LogP) is 0.388. The molecule has 168 valence electrons. The van der Waals surface area contributed by atoms with Crippen LogP contribution in [0.4, 0.5) is 8.78 Å². The molecule has 0 bridgehead atoms. The van der Waals surface area contributed by atoms with Crippen molar-refractivity contribution in [3.8, 4) is 0 Å². The van der Waals surface area contributed by atoms with Crippen LogP contribution in [0.5, 0.6) is 0 Å². The van der Waals surface area contributed by atoms with Crippen LogP contribution in [0.15, 0.2) is 48.5 Å². The smallest absolute Gasteiger partial charge is 0.250 e. The average Bonchev–Trinajstić information content (AvgIpc) is 2.73. The Morgan fingerprint density at radius 1 is 0.968 bits per heavy atom. The van der Waals surface area contributed by atoms with Gasteiger partial charge in [0.25, 0.3) is 5.91 Å². The Balaban J connectivity index is 1.66. The maximum atomic E-state index is 13.6. The number of halogens is 2. The lowest BCUT2D eigenvalue weighted by Gasteiger charge is -2.18. The number of aliphatic hydroxyl groups excluding tert-OH is 1. The summed E-state index contributed by atoms with van der Waals surface area (Å²) in [4.78, 5) is 24.0. The summed E-state index contributed by atoms with van der Waals surface area (Å²) in [6.45, 7) is 0.208. The third-order valence-electron chi connectivity index (χ3n) is 4.67. The summed E-state index contributed by atoms with van der Waals surface area (Å²) in [6.07, 6.45) is -1.12. The number of amides is 2. The van der Waals surface area contributed by atoms with Crippen LogP contribution in [0.2, 0.25) is 0 Å². The molecular weight excluding hydrogens is 406 g/mol. The number of carbonyl (C=O) groups is 2. The van der Waals surface area contributed by atoms with Gasteiger partial charge < -0.3 is 27.2 Å². The lowest BCUT2D eigenvalue weighted by Crippen LogP contribution is -2.48. The number of hydrogen-bond acceptors (Lipinski definition) is 5. The Bertz CT molecular complexity index is 867. The van der Waals surface area contributed by atoms with Gasteiger partial charge in [-0.1, -0.05) is 30.3 Å². The summed E-state index contributed by atoms with van der Waals surface area (Å²) in [7, 11) is 0. The van der Waals surface area contributed by atoms with Crippen LogP contribution in [-0.2, 0) is 22.4 Å². The summed E-state index contributed by atoms with van der Waals surface area (Å²) in [5.41, 5.74) is 12.8. The molecule has 0 spiro atoms. The summed E-state index contributed by atoms with van der Waals surface area (Å²) in [5, 5.41) is 15.1. The highest BCUT2D eigenvalue weighted by Crippen LogP contribution is 2.12. The molecule has 2 aromatic rings. The molecule has 0 aliphatic heterocycles. The zero-order valence-corrected chi connectivity index (χ0v) is 17.1. The van der Waals surface area contributed by atoms with Crippen molar-refractivity contribution in [1.29, 1.82) is 0 Å². The minimum absolute atomic E-state index is 0.0131. The molecule has 0 radical (unpaired) electrons. The van der Waals surface area contributed by atoms with E-state index in [0.29, 0.717) is 6.42 Å². The van der Waals surface area contributed by atoms with E-state index in [1.165, 1.54) is 0 Å². The first-order valence-corrected chi connectivity index (χ1v) is 9.97. The van der Waals surface area contributed by atoms with Gasteiger partial charge in [0.1, 0.15) is 17.7 Å². The third-order valence-corrected chi connectivity index (χ3v) is 4.67. The van der Waals surface area contributed by atoms with Crippen molar-refractivity contribution in [2.75, 3.05) is 13.1 Å². The molecule has 2 amide bonds. The first kappa shape index (κ1) is 24.4. The van der Waals surface area contributed by atoms with E-state index in [1.54, 1.807) is 0 Å². The molecule has 3 atom stereocenters. The fraction of sp³-hybridized carbons (Fsp3) is 0.364. The van der Waals surface area contributed by atoms with E-state index in [1.807, 2.05) is 30.3 Å². The summed E-state index contributed by atoms with van der Waals surface area (Å²) < 4.78 is 26.8. The molecule has 31 heavy (non-hydrogen) atoms. The number of hydrogen-bond donors (Lipinski definition) is 5. The molecule has 7 N–H and O–H groups in total. The quantitative estimate of drug-likeness (QED) is 0.327. The van der Waals surface area contributed by atoms with Crippen molar-refractivity contribution in [2.24, 2.45) is 11.5 Å². The number of nitrogens with one attached hydrogen (secondary N) is 2. The van der Waals surface area contributed by atoms with E-state index in [2.05, 4.69) is 10.6 Å². The van der Waals surface area contributed by atoms with Crippen molar-refractivity contribution in [3.63, 3.8) is 0 Å². The molecule has 7 nitrogen and oxygen atoms in total. The second-order valence-electron chi connectivity index (χ2n) is 7.34. The second kappa shape index (κ2) is 12.1. The van der Waals surface area contributed by atoms with Crippen LogP contribution in [-0.4, -0.2) is 48.2 Å². The van der Waals surface area contributed by atoms with Gasteiger partial charge in [-0.15, -0.1) is 0 Å². The molecular formula is C22H28F2N4O3. The Labute approximate surface area is 179 Å². The van der Waals surface area contributed by atoms with Crippen molar-refractivity contribution >= 4 is 11.8 Å². The molecule has 2 rings (SSSR count). The maximum Gasteiger partial charge on any atom is 0.250 e. The lowest BCUT2D eigenvalue weighted by atomic mass is 10.0. The van der Waals surface area contributed by atoms with Gasteiger partial charge in [0.15, 0.2) is 0 Å². The standard InChI is InChI=1S/C22H28F2N4O3/c23-16-6-7-18(24)15(11-16)12-17(25)13-20(29)27-8-9-28-22(31)21(30)19(26)10-14-4-2-1-3-5-14/h1-7,11,17,19,21,30H,8-10,12-13,25-26H2,(H,27,29)(H,28,31). The second-order valence-corrected chi connectivity index (χ2v) is 7.34. The molecule has 0 fully saturated rings. The van der Waals surface area contributed by atoms with E-state index in [9.17, 15) is 23.5 Å². The first-order chi connectivity index (χ1) is 14.8. The average molecular weight is 434 g/mol. The van der Waals surface area contributed by atoms with Crippen molar-refractivity contribution in [3.05, 3.63) is 71.3 Å². The monoisotopic (exact) mass is 434 g/mol. The summed E-state index contributed by atoms with van der Waals surface area (Å²) in [6, 6.07) is 10.9. The molecule has 0 heterocycles. The Morgan fingerprint density at radius 3 is 2.35 bits per heavy atom. The van der Waals surface area contributed by atoms with Gasteiger partial charge in [0.05, 0.1) is 0 Å². The van der Waals surface area contributed by atoms with Crippen LogP contribution in [0.1, 0.15) is 17.5 Å². The minimum atomic E-state index is -1.38. The van der Waals surface area contributed by atoms with Gasteiger partial charge in [0, 0.05) is 31.6 Å². The SMILES string of the molecule is NC(CC(=O)NCCNC(=O)C(O)C(N)Cc1ccccc1)Cc1cc(F)ccc1F. The summed E-state index contributed by atoms with van der Waals surface area (Å²) in [5.74, 6) is -2.17. The van der Waals surface area contributed by atoms with Gasteiger partial charge in [-0.25, -0.2) is 8.78 Å². The van der Waals surface area contributed by atoms with Gasteiger partial charge in [-0.3, -0.25) is 9.59 Å². The fourth-order valence-electron chi connectivity index (χ4n) is 3.05. The van der Waals surface area contributed by atoms with E-state index < -0.39 is 35.7 Å². The molecule has 3 unspecified atom stereocenters. The zero-order valence-electron chi connectivity index (χ0n) is 17.1. The van der Waals surface area contributed by atoms with Crippen molar-refractivity contribution in [2.45, 2.75) is 37.5 Å². The molecule has 0 saturated carbocycles. The lowest BCUT2D eigenvalue weighted by molar-refractivity contribution is -0.130. The highest BCUT2D eigenvalue weighted by molar-refractivity contribution is 5.81. The van der Waals surface area contributed by atoms with Crippen LogP contribution < -0.4 is 22.1 Å². The van der Waals surface area contributed by atoms with Gasteiger partial charge in [0.2, 0.25) is 5.91 Å². The number of carbonyl (C=O) groups excluding carboxylic acids is 2. The molecule has 0 aromatic heterocycles. The number of aliphatic hydroxyl groups is 1. The third kappa shape index (κ3) is 8.41. The van der Waals surface area contributed by atoms with Crippen molar-refractivity contribution < 1.29 is 23.5 Å². The maximum absolute atomic E-state index is 13.6. The zero-order chi connectivity index (χ0) is 22.8. The predicted molar refractivity (Wildman–Crippen MR) is 113 cm³/mol. The van der Waals surface area contributed by atoms with E-state index in [0.717, 1.165) is 23.8 Å². The largest absolute Gasteiger partial charge is 0.382 e. The van der Waals surface area contributed by atoms with Crippen molar-refractivity contribution in [1.82, 2.24) is 10.6 Å². The van der Waals surface area contributed by atoms with Gasteiger partial charge in [-0.2, -0.15) is 0 Å². The first-order valence-electron chi connectivity index (χ1n) is 9.97. The highest BCUT2D eigenvalue weighted by Gasteiger charge is 2.22. The highest BCUT2D eigenvalue weighted by atomic mass is 19.1. The van der Waals surface area contributed by atoms with E-state index >= 15 is 0 Å². The van der Waals surface area contributed by atoms with Crippen LogP contribution in [0, 0.1) is 11.6 Å². The molecule has 2 aromatic carbocycles. The van der Waals surface area contributed by atoms with E-state index in [4.69, 9.17) is 11.5 Å². The number of benzene rings is 2. The van der Waals surface area contributed by atoms with Gasteiger partial charge >= 0.3 is 0 Å². The van der Waals surface area contributed by atoms with Crippen LogP contribution in [0.25, 0.3) is 0 Å². The summed E-state index contributed by atoms with van der Waals surface area (Å²) >= 11 is 0. The number of nitrogens with two attached hydrogens (primary N) is 2. The van der Waals surface area contributed by atoms with Crippen LogP contribution in [0.3, 0.4) is 0 Å². The molecule has 0 aliphatic rings. The Hall–Kier alpha value is -2.88. The Kier molecular flexibility index (Phi) is 9.51. The molecule has 9 heteroatoms. The molecule has 0 aliphatic carbocycles. The van der Waals surface area contributed by atoms with Crippen LogP contribution >= 0.6 is 0 Å². The minimum Gasteiger partial charge on any atom is -0.382 e. The molecule has 0 saturated heterocycles. The topological polar surface area (TPSA) is 130 Å². The van der Waals surface area contributed by atoms with Gasteiger partial charge in [-0.05, 0) is 42.2 Å².